The van der Waals surface area contributed by atoms with Gasteiger partial charge in [-0.1, -0.05) is 29.3 Å². The molecular weight excluding hydrogens is 517 g/mol. The summed E-state index contributed by atoms with van der Waals surface area (Å²) in [7, 11) is 1.52. The fraction of sp³-hybridized carbons (Fsp3) is 0.423. The summed E-state index contributed by atoms with van der Waals surface area (Å²) in [5, 5.41) is 3.98. The van der Waals surface area contributed by atoms with Crippen molar-refractivity contribution in [3.05, 3.63) is 57.6 Å². The van der Waals surface area contributed by atoms with Crippen LogP contribution in [0.5, 0.6) is 11.5 Å². The number of aliphatic imine (C=N–C) groups is 1. The lowest BCUT2D eigenvalue weighted by Gasteiger charge is -2.26. The van der Waals surface area contributed by atoms with Crippen LogP contribution in [0, 0.1) is 0 Å². The zero-order valence-corrected chi connectivity index (χ0v) is 22.9. The quantitative estimate of drug-likeness (QED) is 0.186. The summed E-state index contributed by atoms with van der Waals surface area (Å²) >= 11 is 12.2. The van der Waals surface area contributed by atoms with Gasteiger partial charge < -0.3 is 31.2 Å². The lowest BCUT2D eigenvalue weighted by molar-refractivity contribution is -0.133. The summed E-state index contributed by atoms with van der Waals surface area (Å²) in [6.07, 6.45) is 1.45. The molecule has 0 saturated carbocycles. The summed E-state index contributed by atoms with van der Waals surface area (Å²) in [4.78, 5) is 31.8. The van der Waals surface area contributed by atoms with Gasteiger partial charge in [0.2, 0.25) is 5.91 Å². The molecule has 9 nitrogen and oxygen atoms in total. The molecule has 5 N–H and O–H groups in total. The van der Waals surface area contributed by atoms with Crippen molar-refractivity contribution in [2.45, 2.75) is 39.2 Å². The highest BCUT2D eigenvalue weighted by Gasteiger charge is 2.25. The number of nitrogens with zero attached hydrogens (tertiary/aromatic N) is 2. The Morgan fingerprint density at radius 3 is 2.43 bits per heavy atom. The molecule has 0 aliphatic carbocycles. The van der Waals surface area contributed by atoms with Crippen LogP contribution in [0.15, 0.2) is 41.4 Å². The van der Waals surface area contributed by atoms with E-state index in [2.05, 4.69) is 10.3 Å². The minimum absolute atomic E-state index is 0.0141. The van der Waals surface area contributed by atoms with Crippen molar-refractivity contribution in [2.24, 2.45) is 16.5 Å². The predicted octanol–water partition coefficient (Wildman–Crippen LogP) is 3.64. The summed E-state index contributed by atoms with van der Waals surface area (Å²) in [5.41, 5.74) is 12.0. The molecule has 0 unspecified atom stereocenters. The van der Waals surface area contributed by atoms with Gasteiger partial charge >= 0.3 is 0 Å². The molecular formula is C26H35Cl2N5O4. The van der Waals surface area contributed by atoms with Crippen LogP contribution in [-0.4, -0.2) is 62.1 Å². The lowest BCUT2D eigenvalue weighted by atomic mass is 10.1. The van der Waals surface area contributed by atoms with E-state index < -0.39 is 11.9 Å². The van der Waals surface area contributed by atoms with E-state index in [0.717, 1.165) is 5.56 Å². The number of carbonyl (C=O) groups is 2. The molecule has 202 valence electrons. The largest absolute Gasteiger partial charge is 0.493 e. The second-order valence-corrected chi connectivity index (χ2v) is 9.03. The number of halogens is 2. The maximum absolute atomic E-state index is 13.1. The van der Waals surface area contributed by atoms with Crippen molar-refractivity contribution in [2.75, 3.05) is 33.4 Å². The Kier molecular flexibility index (Phi) is 12.3. The molecule has 0 heterocycles. The van der Waals surface area contributed by atoms with Crippen LogP contribution in [-0.2, 0) is 11.2 Å². The number of methoxy groups -OCH3 is 1. The third-order valence-electron chi connectivity index (χ3n) is 5.69. The molecule has 0 bridgehead atoms. The van der Waals surface area contributed by atoms with Gasteiger partial charge in [0.15, 0.2) is 17.5 Å². The van der Waals surface area contributed by atoms with Crippen molar-refractivity contribution < 1.29 is 19.1 Å². The van der Waals surface area contributed by atoms with Gasteiger partial charge in [-0.25, -0.2) is 0 Å². The molecule has 0 aromatic heterocycles. The molecule has 1 atom stereocenters. The molecule has 37 heavy (non-hydrogen) atoms. The minimum atomic E-state index is -0.722. The molecule has 2 amide bonds. The number of guanidine groups is 1. The van der Waals surface area contributed by atoms with Crippen molar-refractivity contribution in [1.82, 2.24) is 10.2 Å². The van der Waals surface area contributed by atoms with E-state index in [1.54, 1.807) is 35.2 Å². The highest BCUT2D eigenvalue weighted by Crippen LogP contribution is 2.29. The number of ether oxygens (including phenoxy) is 2. The Hall–Kier alpha value is -3.17. The first-order valence-corrected chi connectivity index (χ1v) is 12.8. The Morgan fingerprint density at radius 1 is 1.08 bits per heavy atom. The average Bonchev–Trinajstić information content (AvgIpc) is 2.87. The summed E-state index contributed by atoms with van der Waals surface area (Å²) < 4.78 is 11.3. The molecule has 11 heteroatoms. The van der Waals surface area contributed by atoms with Crippen LogP contribution in [0.2, 0.25) is 10.0 Å². The monoisotopic (exact) mass is 551 g/mol. The van der Waals surface area contributed by atoms with Gasteiger partial charge in [0.25, 0.3) is 5.91 Å². The van der Waals surface area contributed by atoms with Crippen LogP contribution in [0.4, 0.5) is 0 Å². The standard InChI is InChI=1S/C26H35Cl2N5O4/c1-4-33(5-2)25(35)21(7-6-13-31-26(29)30)32-24(34)18-9-11-22(36-3)23(15-18)37-14-12-17-8-10-19(27)16-20(17)28/h8-11,15-16,21H,4-7,12-14H2,1-3H3,(H,32,34)(H4,29,30,31)/t21-/m0/s1. The first-order valence-electron chi connectivity index (χ1n) is 12.1. The average molecular weight is 553 g/mol. The van der Waals surface area contributed by atoms with E-state index in [9.17, 15) is 9.59 Å². The number of amides is 2. The van der Waals surface area contributed by atoms with Crippen LogP contribution in [0.1, 0.15) is 42.6 Å². The Balaban J connectivity index is 2.14. The number of benzene rings is 2. The highest BCUT2D eigenvalue weighted by atomic mass is 35.5. The Labute approximate surface area is 228 Å². The second-order valence-electron chi connectivity index (χ2n) is 8.19. The number of nitrogens with one attached hydrogen (secondary N) is 1. The van der Waals surface area contributed by atoms with E-state index >= 15 is 0 Å². The van der Waals surface area contributed by atoms with Crippen LogP contribution < -0.4 is 26.3 Å². The van der Waals surface area contributed by atoms with E-state index in [1.807, 2.05) is 19.9 Å². The molecule has 0 aliphatic rings. The molecule has 0 radical (unpaired) electrons. The van der Waals surface area contributed by atoms with Gasteiger partial charge in [-0.3, -0.25) is 14.6 Å². The first-order chi connectivity index (χ1) is 17.7. The normalized spacial score (nSPS) is 11.4. The van der Waals surface area contributed by atoms with Gasteiger partial charge in [-0.15, -0.1) is 0 Å². The third-order valence-corrected chi connectivity index (χ3v) is 6.28. The Bertz CT molecular complexity index is 1090. The molecule has 0 fully saturated rings. The number of likely N-dealkylation sites (N-methyl/N-ethyl adjacent to an activating group) is 1. The maximum Gasteiger partial charge on any atom is 0.252 e. The number of nitrogens with two attached hydrogens (primary N) is 2. The van der Waals surface area contributed by atoms with Gasteiger partial charge in [-0.05, 0) is 62.6 Å². The fourth-order valence-corrected chi connectivity index (χ4v) is 4.19. The van der Waals surface area contributed by atoms with E-state index in [1.165, 1.54) is 7.11 Å². The smallest absolute Gasteiger partial charge is 0.252 e. The van der Waals surface area contributed by atoms with Gasteiger partial charge in [0, 0.05) is 41.7 Å². The molecule has 0 saturated heterocycles. The minimum Gasteiger partial charge on any atom is -0.493 e. The lowest BCUT2D eigenvalue weighted by Crippen LogP contribution is -2.48. The summed E-state index contributed by atoms with van der Waals surface area (Å²) in [6.45, 7) is 5.52. The number of carbonyl (C=O) groups excluding carboxylic acids is 2. The molecule has 2 aromatic rings. The zero-order valence-electron chi connectivity index (χ0n) is 21.4. The van der Waals surface area contributed by atoms with Crippen molar-refractivity contribution in [3.8, 4) is 11.5 Å². The Morgan fingerprint density at radius 2 is 1.81 bits per heavy atom. The molecule has 0 aliphatic heterocycles. The predicted molar refractivity (Wildman–Crippen MR) is 148 cm³/mol. The van der Waals surface area contributed by atoms with Crippen LogP contribution in [0.3, 0.4) is 0 Å². The van der Waals surface area contributed by atoms with Crippen molar-refractivity contribution in [3.63, 3.8) is 0 Å². The number of hydrogen-bond acceptors (Lipinski definition) is 5. The topological polar surface area (TPSA) is 132 Å². The van der Waals surface area contributed by atoms with Crippen molar-refractivity contribution in [1.29, 1.82) is 0 Å². The molecule has 0 spiro atoms. The maximum atomic E-state index is 13.1. The van der Waals surface area contributed by atoms with Gasteiger partial charge in [0.1, 0.15) is 6.04 Å². The number of rotatable bonds is 14. The second kappa shape index (κ2) is 15.2. The summed E-state index contributed by atoms with van der Waals surface area (Å²) in [6, 6.07) is 9.43. The molecule has 2 aromatic carbocycles. The summed E-state index contributed by atoms with van der Waals surface area (Å²) in [5.74, 6) is 0.305. The van der Waals surface area contributed by atoms with Crippen LogP contribution in [0.25, 0.3) is 0 Å². The van der Waals surface area contributed by atoms with Crippen molar-refractivity contribution >= 4 is 41.0 Å². The van der Waals surface area contributed by atoms with Gasteiger partial charge in [-0.2, -0.15) is 0 Å². The van der Waals surface area contributed by atoms with Crippen LogP contribution >= 0.6 is 23.2 Å². The third kappa shape index (κ3) is 9.33. The van der Waals surface area contributed by atoms with E-state index in [4.69, 9.17) is 44.1 Å². The fourth-order valence-electron chi connectivity index (χ4n) is 3.68. The zero-order chi connectivity index (χ0) is 27.4. The van der Waals surface area contributed by atoms with E-state index in [0.29, 0.717) is 72.6 Å². The van der Waals surface area contributed by atoms with Gasteiger partial charge in [0.05, 0.1) is 13.7 Å². The van der Waals surface area contributed by atoms with E-state index in [-0.39, 0.29) is 11.9 Å². The molecule has 2 rings (SSSR count). The highest BCUT2D eigenvalue weighted by molar-refractivity contribution is 6.35. The first kappa shape index (κ1) is 30.1. The number of hydrogen-bond donors (Lipinski definition) is 3. The SMILES string of the molecule is CCN(CC)C(=O)[C@H](CCCN=C(N)N)NC(=O)c1ccc(OC)c(OCCc2ccc(Cl)cc2Cl)c1.